The molecule has 0 saturated carbocycles. The molecule has 4 heteroatoms. The normalized spacial score (nSPS) is 28.4. The third-order valence-corrected chi connectivity index (χ3v) is 1.66. The van der Waals surface area contributed by atoms with Gasteiger partial charge in [0, 0.05) is 6.61 Å². The lowest BCUT2D eigenvalue weighted by Gasteiger charge is -2.20. The first kappa shape index (κ1) is 7.34. The molecule has 0 spiro atoms. The fourth-order valence-electron chi connectivity index (χ4n) is 1.06. The van der Waals surface area contributed by atoms with Gasteiger partial charge in [-0.3, -0.25) is 0 Å². The Morgan fingerprint density at radius 1 is 1.50 bits per heavy atom. The van der Waals surface area contributed by atoms with Crippen molar-refractivity contribution >= 4 is 5.84 Å². The number of hydrogen-bond donors (Lipinski definition) is 2. The van der Waals surface area contributed by atoms with Gasteiger partial charge < -0.3 is 16.3 Å². The minimum atomic E-state index is -0.0289. The second-order valence-corrected chi connectivity index (χ2v) is 2.41. The van der Waals surface area contributed by atoms with Gasteiger partial charge in [0.05, 0.1) is 0 Å². The van der Waals surface area contributed by atoms with Crippen LogP contribution in [-0.2, 0) is 4.74 Å². The van der Waals surface area contributed by atoms with E-state index in [9.17, 15) is 0 Å². The van der Waals surface area contributed by atoms with Crippen molar-refractivity contribution in [3.05, 3.63) is 0 Å². The Bertz CT molecular complexity index is 129. The molecule has 0 radical (unpaired) electrons. The molecule has 1 heterocycles. The van der Waals surface area contributed by atoms with E-state index in [0.717, 1.165) is 25.9 Å². The first-order chi connectivity index (χ1) is 4.84. The van der Waals surface area contributed by atoms with Gasteiger partial charge in [0.2, 0.25) is 0 Å². The average molecular weight is 143 g/mol. The summed E-state index contributed by atoms with van der Waals surface area (Å²) >= 11 is 0. The van der Waals surface area contributed by atoms with Crippen LogP contribution < -0.4 is 11.6 Å². The first-order valence-corrected chi connectivity index (χ1v) is 3.49. The Morgan fingerprint density at radius 2 is 2.30 bits per heavy atom. The van der Waals surface area contributed by atoms with Crippen LogP contribution in [0.3, 0.4) is 0 Å². The van der Waals surface area contributed by atoms with Gasteiger partial charge in [-0.1, -0.05) is 0 Å². The van der Waals surface area contributed by atoms with Crippen molar-refractivity contribution in [3.63, 3.8) is 0 Å². The zero-order valence-electron chi connectivity index (χ0n) is 5.92. The Kier molecular flexibility index (Phi) is 2.50. The molecular weight excluding hydrogens is 130 g/mol. The lowest BCUT2D eigenvalue weighted by atomic mass is 10.1. The van der Waals surface area contributed by atoms with Crippen molar-refractivity contribution < 1.29 is 4.74 Å². The molecule has 1 aliphatic rings. The SMILES string of the molecule is NN=C(N)C1CCCCO1. The molecule has 0 aromatic carbocycles. The van der Waals surface area contributed by atoms with Crippen molar-refractivity contribution in [2.75, 3.05) is 6.61 Å². The Morgan fingerprint density at radius 3 is 2.80 bits per heavy atom. The van der Waals surface area contributed by atoms with E-state index >= 15 is 0 Å². The van der Waals surface area contributed by atoms with Gasteiger partial charge in [-0.2, -0.15) is 5.10 Å². The standard InChI is InChI=1S/C6H13N3O/c7-6(9-8)5-3-1-2-4-10-5/h5H,1-4,8H2,(H2,7,9). The number of hydrazone groups is 1. The van der Waals surface area contributed by atoms with E-state index in [0.29, 0.717) is 5.84 Å². The lowest BCUT2D eigenvalue weighted by Crippen LogP contribution is -2.35. The molecule has 0 aliphatic carbocycles. The monoisotopic (exact) mass is 143 g/mol. The largest absolute Gasteiger partial charge is 0.384 e. The van der Waals surface area contributed by atoms with E-state index in [-0.39, 0.29) is 6.10 Å². The summed E-state index contributed by atoms with van der Waals surface area (Å²) in [6.07, 6.45) is 3.20. The van der Waals surface area contributed by atoms with Crippen LogP contribution in [0.25, 0.3) is 0 Å². The molecule has 1 atom stereocenters. The number of ether oxygens (including phenoxy) is 1. The third-order valence-electron chi connectivity index (χ3n) is 1.66. The summed E-state index contributed by atoms with van der Waals surface area (Å²) in [7, 11) is 0. The van der Waals surface area contributed by atoms with Crippen molar-refractivity contribution in [2.45, 2.75) is 25.4 Å². The third kappa shape index (κ3) is 1.60. The molecule has 0 amide bonds. The number of nitrogens with two attached hydrogens (primary N) is 2. The molecule has 0 aromatic heterocycles. The summed E-state index contributed by atoms with van der Waals surface area (Å²) in [5.41, 5.74) is 5.45. The maximum atomic E-state index is 5.45. The smallest absolute Gasteiger partial charge is 0.148 e. The van der Waals surface area contributed by atoms with Crippen molar-refractivity contribution in [2.24, 2.45) is 16.7 Å². The number of nitrogens with zero attached hydrogens (tertiary/aromatic N) is 1. The summed E-state index contributed by atoms with van der Waals surface area (Å²) < 4.78 is 5.29. The van der Waals surface area contributed by atoms with Crippen LogP contribution in [0.5, 0.6) is 0 Å². The maximum absolute atomic E-state index is 5.45. The summed E-state index contributed by atoms with van der Waals surface area (Å²) in [4.78, 5) is 0. The van der Waals surface area contributed by atoms with E-state index in [1.165, 1.54) is 0 Å². The molecule has 1 unspecified atom stereocenters. The quantitative estimate of drug-likeness (QED) is 0.231. The van der Waals surface area contributed by atoms with Crippen LogP contribution in [-0.4, -0.2) is 18.5 Å². The van der Waals surface area contributed by atoms with E-state index < -0.39 is 0 Å². The molecule has 1 saturated heterocycles. The van der Waals surface area contributed by atoms with E-state index in [2.05, 4.69) is 5.10 Å². The van der Waals surface area contributed by atoms with Gasteiger partial charge in [-0.15, -0.1) is 0 Å². The number of hydrogen-bond acceptors (Lipinski definition) is 3. The van der Waals surface area contributed by atoms with Crippen LogP contribution in [0.15, 0.2) is 5.10 Å². The van der Waals surface area contributed by atoms with Gasteiger partial charge in [0.1, 0.15) is 11.9 Å². The van der Waals surface area contributed by atoms with Crippen LogP contribution in [0.1, 0.15) is 19.3 Å². The van der Waals surface area contributed by atoms with Gasteiger partial charge >= 0.3 is 0 Å². The number of rotatable bonds is 1. The Balaban J connectivity index is 2.39. The van der Waals surface area contributed by atoms with Crippen molar-refractivity contribution in [1.29, 1.82) is 0 Å². The topological polar surface area (TPSA) is 73.6 Å². The zero-order valence-corrected chi connectivity index (χ0v) is 5.92. The first-order valence-electron chi connectivity index (χ1n) is 3.49. The second-order valence-electron chi connectivity index (χ2n) is 2.41. The van der Waals surface area contributed by atoms with Crippen molar-refractivity contribution in [3.8, 4) is 0 Å². The van der Waals surface area contributed by atoms with Crippen LogP contribution in [0, 0.1) is 0 Å². The van der Waals surface area contributed by atoms with Gasteiger partial charge in [0.25, 0.3) is 0 Å². The van der Waals surface area contributed by atoms with Crippen molar-refractivity contribution in [1.82, 2.24) is 0 Å². The molecule has 0 aromatic rings. The van der Waals surface area contributed by atoms with E-state index in [1.54, 1.807) is 0 Å². The molecule has 1 fully saturated rings. The van der Waals surface area contributed by atoms with Gasteiger partial charge in [-0.05, 0) is 19.3 Å². The summed E-state index contributed by atoms with van der Waals surface area (Å²) in [5, 5.41) is 3.38. The molecule has 10 heavy (non-hydrogen) atoms. The van der Waals surface area contributed by atoms with E-state index in [1.807, 2.05) is 0 Å². The fourth-order valence-corrected chi connectivity index (χ4v) is 1.06. The van der Waals surface area contributed by atoms with Crippen LogP contribution in [0.4, 0.5) is 0 Å². The highest BCUT2D eigenvalue weighted by molar-refractivity contribution is 5.84. The molecule has 0 bridgehead atoms. The number of amidine groups is 1. The van der Waals surface area contributed by atoms with Gasteiger partial charge in [0.15, 0.2) is 0 Å². The molecule has 4 nitrogen and oxygen atoms in total. The zero-order chi connectivity index (χ0) is 7.40. The minimum Gasteiger partial charge on any atom is -0.384 e. The molecule has 1 rings (SSSR count). The molecular formula is C6H13N3O. The molecule has 1 aliphatic heterocycles. The maximum Gasteiger partial charge on any atom is 0.148 e. The Hall–Kier alpha value is -0.770. The highest BCUT2D eigenvalue weighted by Gasteiger charge is 2.16. The van der Waals surface area contributed by atoms with E-state index in [4.69, 9.17) is 16.3 Å². The summed E-state index contributed by atoms with van der Waals surface area (Å²) in [6.45, 7) is 0.779. The summed E-state index contributed by atoms with van der Waals surface area (Å²) in [5.74, 6) is 5.40. The van der Waals surface area contributed by atoms with Gasteiger partial charge in [-0.25, -0.2) is 0 Å². The molecule has 4 N–H and O–H groups in total. The summed E-state index contributed by atoms with van der Waals surface area (Å²) in [6, 6.07) is 0. The highest BCUT2D eigenvalue weighted by Crippen LogP contribution is 2.11. The predicted octanol–water partition coefficient (Wildman–Crippen LogP) is -0.214. The lowest BCUT2D eigenvalue weighted by molar-refractivity contribution is 0.0577. The average Bonchev–Trinajstić information content (AvgIpc) is 2.05. The van der Waals surface area contributed by atoms with Crippen LogP contribution in [0.2, 0.25) is 0 Å². The predicted molar refractivity (Wildman–Crippen MR) is 39.4 cm³/mol. The second kappa shape index (κ2) is 3.41. The van der Waals surface area contributed by atoms with Crippen LogP contribution >= 0.6 is 0 Å². The Labute approximate surface area is 60.2 Å². The minimum absolute atomic E-state index is 0.0289. The highest BCUT2D eigenvalue weighted by atomic mass is 16.5. The molecule has 58 valence electrons. The fraction of sp³-hybridized carbons (Fsp3) is 0.833.